The largest absolute Gasteiger partial charge is 0.368 e. The van der Waals surface area contributed by atoms with Crippen LogP contribution >= 0.6 is 0 Å². The van der Waals surface area contributed by atoms with E-state index in [0.29, 0.717) is 0 Å². The van der Waals surface area contributed by atoms with Gasteiger partial charge in [0.25, 0.3) is 0 Å². The van der Waals surface area contributed by atoms with E-state index in [2.05, 4.69) is 58.8 Å². The fourth-order valence-electron chi connectivity index (χ4n) is 3.57. The molecule has 24 heavy (non-hydrogen) atoms. The molecule has 3 heteroatoms. The van der Waals surface area contributed by atoms with E-state index in [1.807, 2.05) is 12.1 Å². The third-order valence-electron chi connectivity index (χ3n) is 4.70. The highest BCUT2D eigenvalue weighted by atomic mass is 15.2. The highest BCUT2D eigenvalue weighted by molar-refractivity contribution is 5.98. The van der Waals surface area contributed by atoms with Crippen molar-refractivity contribution in [2.45, 2.75) is 0 Å². The van der Waals surface area contributed by atoms with Crippen molar-refractivity contribution in [2.75, 3.05) is 26.2 Å². The van der Waals surface area contributed by atoms with Crippen molar-refractivity contribution < 1.29 is 0 Å². The summed E-state index contributed by atoms with van der Waals surface area (Å²) in [6, 6.07) is 19.0. The molecule has 1 aliphatic carbocycles. The molecule has 2 aromatic rings. The lowest BCUT2D eigenvalue weighted by Gasteiger charge is -2.32. The summed E-state index contributed by atoms with van der Waals surface area (Å²) < 4.78 is 0. The molecule has 0 radical (unpaired) electrons. The quantitative estimate of drug-likeness (QED) is 0.821. The van der Waals surface area contributed by atoms with Gasteiger partial charge in [0.05, 0.1) is 6.07 Å². The maximum Gasteiger partial charge on any atom is 0.0918 e. The molecule has 1 aliphatic heterocycles. The van der Waals surface area contributed by atoms with E-state index in [0.717, 1.165) is 42.9 Å². The molecule has 1 N–H and O–H groups in total. The van der Waals surface area contributed by atoms with Crippen molar-refractivity contribution in [3.63, 3.8) is 0 Å². The first-order valence-corrected chi connectivity index (χ1v) is 8.35. The molecule has 2 aliphatic rings. The summed E-state index contributed by atoms with van der Waals surface area (Å²) in [5.41, 5.74) is 6.89. The van der Waals surface area contributed by atoms with Crippen LogP contribution < -0.4 is 5.32 Å². The number of nitrogens with zero attached hydrogens (tertiary/aromatic N) is 2. The lowest BCUT2D eigenvalue weighted by molar-refractivity contribution is 0.342. The van der Waals surface area contributed by atoms with Crippen LogP contribution in [0.5, 0.6) is 0 Å². The van der Waals surface area contributed by atoms with Gasteiger partial charge in [-0.2, -0.15) is 5.26 Å². The Bertz CT molecular complexity index is 865. The van der Waals surface area contributed by atoms with Gasteiger partial charge in [0.1, 0.15) is 0 Å². The Balaban J connectivity index is 1.97. The van der Waals surface area contributed by atoms with Crippen molar-refractivity contribution in [3.8, 4) is 6.07 Å². The third-order valence-corrected chi connectivity index (χ3v) is 4.70. The molecule has 2 aromatic carbocycles. The van der Waals surface area contributed by atoms with Crippen LogP contribution in [0.4, 0.5) is 0 Å². The summed E-state index contributed by atoms with van der Waals surface area (Å²) in [5, 5.41) is 12.7. The van der Waals surface area contributed by atoms with Crippen LogP contribution in [0.15, 0.2) is 54.6 Å². The predicted molar refractivity (Wildman–Crippen MR) is 97.9 cm³/mol. The van der Waals surface area contributed by atoms with Crippen LogP contribution in [0.1, 0.15) is 22.3 Å². The molecule has 0 amide bonds. The molecule has 0 unspecified atom stereocenters. The Hall–Kier alpha value is -2.83. The Morgan fingerprint density at radius 2 is 1.58 bits per heavy atom. The number of piperazine rings is 1. The SMILES string of the molecule is N#CC=C1c2ccccc2C=C(N2CCNCC2)c2ccccc21. The minimum Gasteiger partial charge on any atom is -0.368 e. The minimum atomic E-state index is 1.000. The van der Waals surface area contributed by atoms with Crippen LogP contribution in [0.2, 0.25) is 0 Å². The smallest absolute Gasteiger partial charge is 0.0918 e. The van der Waals surface area contributed by atoms with Gasteiger partial charge in [-0.15, -0.1) is 0 Å². The van der Waals surface area contributed by atoms with Gasteiger partial charge in [-0.05, 0) is 22.8 Å². The summed E-state index contributed by atoms with van der Waals surface area (Å²) in [6.07, 6.45) is 3.95. The highest BCUT2D eigenvalue weighted by Crippen LogP contribution is 2.38. The maximum absolute atomic E-state index is 9.31. The molecule has 1 heterocycles. The third kappa shape index (κ3) is 2.51. The van der Waals surface area contributed by atoms with Crippen LogP contribution in [0, 0.1) is 11.3 Å². The normalized spacial score (nSPS) is 18.2. The molecular formula is C21H19N3. The van der Waals surface area contributed by atoms with Crippen LogP contribution in [0.3, 0.4) is 0 Å². The Labute approximate surface area is 142 Å². The van der Waals surface area contributed by atoms with Crippen molar-refractivity contribution in [1.29, 1.82) is 5.26 Å². The first-order valence-electron chi connectivity index (χ1n) is 8.35. The van der Waals surface area contributed by atoms with Gasteiger partial charge in [-0.3, -0.25) is 0 Å². The van der Waals surface area contributed by atoms with Gasteiger partial charge < -0.3 is 10.2 Å². The second-order valence-corrected chi connectivity index (χ2v) is 6.09. The average Bonchev–Trinajstić information content (AvgIpc) is 2.78. The summed E-state index contributed by atoms with van der Waals surface area (Å²) in [7, 11) is 0. The maximum atomic E-state index is 9.31. The lowest BCUT2D eigenvalue weighted by atomic mass is 9.93. The number of allylic oxidation sites excluding steroid dienone is 1. The van der Waals surface area contributed by atoms with E-state index in [-0.39, 0.29) is 0 Å². The van der Waals surface area contributed by atoms with Gasteiger partial charge >= 0.3 is 0 Å². The van der Waals surface area contributed by atoms with Crippen molar-refractivity contribution in [2.24, 2.45) is 0 Å². The summed E-state index contributed by atoms with van der Waals surface area (Å²) in [5.74, 6) is 0. The van der Waals surface area contributed by atoms with Crippen molar-refractivity contribution >= 4 is 17.3 Å². The van der Waals surface area contributed by atoms with Crippen molar-refractivity contribution in [1.82, 2.24) is 10.2 Å². The number of fused-ring (bicyclic) bond motifs is 2. The Kier molecular flexibility index (Phi) is 3.90. The molecule has 1 fully saturated rings. The molecule has 0 spiro atoms. The molecule has 0 atom stereocenters. The summed E-state index contributed by atoms with van der Waals surface area (Å²) in [6.45, 7) is 4.00. The van der Waals surface area contributed by atoms with Gasteiger partial charge in [-0.25, -0.2) is 0 Å². The summed E-state index contributed by atoms with van der Waals surface area (Å²) >= 11 is 0. The number of benzene rings is 2. The van der Waals surface area contributed by atoms with Gasteiger partial charge in [-0.1, -0.05) is 48.5 Å². The Morgan fingerprint density at radius 3 is 2.33 bits per heavy atom. The predicted octanol–water partition coefficient (Wildman–Crippen LogP) is 3.36. The van der Waals surface area contributed by atoms with Crippen LogP contribution in [-0.2, 0) is 0 Å². The fraction of sp³-hybridized carbons (Fsp3) is 0.190. The number of nitrogens with one attached hydrogen (secondary N) is 1. The topological polar surface area (TPSA) is 39.1 Å². The first-order chi connectivity index (χ1) is 11.9. The highest BCUT2D eigenvalue weighted by Gasteiger charge is 2.23. The summed E-state index contributed by atoms with van der Waals surface area (Å²) in [4.78, 5) is 2.45. The zero-order chi connectivity index (χ0) is 16.4. The van der Waals surface area contributed by atoms with Gasteiger partial charge in [0, 0.05) is 49.1 Å². The Morgan fingerprint density at radius 1 is 0.917 bits per heavy atom. The van der Waals surface area contributed by atoms with Gasteiger partial charge in [0.2, 0.25) is 0 Å². The van der Waals surface area contributed by atoms with Crippen LogP contribution in [0.25, 0.3) is 17.3 Å². The van der Waals surface area contributed by atoms with Gasteiger partial charge in [0.15, 0.2) is 0 Å². The van der Waals surface area contributed by atoms with Crippen LogP contribution in [-0.4, -0.2) is 31.1 Å². The number of nitriles is 1. The fourth-order valence-corrected chi connectivity index (χ4v) is 3.57. The molecule has 4 rings (SSSR count). The first kappa shape index (κ1) is 14.7. The van der Waals surface area contributed by atoms with E-state index < -0.39 is 0 Å². The second-order valence-electron chi connectivity index (χ2n) is 6.09. The minimum absolute atomic E-state index is 1.000. The number of rotatable bonds is 1. The van der Waals surface area contributed by atoms with E-state index in [1.54, 1.807) is 6.08 Å². The molecule has 0 bridgehead atoms. The number of hydrogen-bond donors (Lipinski definition) is 1. The zero-order valence-electron chi connectivity index (χ0n) is 13.5. The molecular weight excluding hydrogens is 294 g/mol. The monoisotopic (exact) mass is 313 g/mol. The second kappa shape index (κ2) is 6.35. The molecule has 0 saturated carbocycles. The number of hydrogen-bond acceptors (Lipinski definition) is 3. The molecule has 0 aromatic heterocycles. The van der Waals surface area contributed by atoms with E-state index in [9.17, 15) is 5.26 Å². The molecule has 3 nitrogen and oxygen atoms in total. The standard InChI is InChI=1S/C21H19N3/c22-10-9-19-17-6-2-1-5-16(17)15-21(24-13-11-23-12-14-24)20-8-4-3-7-18(19)20/h1-9,15,23H,11-14H2. The lowest BCUT2D eigenvalue weighted by Crippen LogP contribution is -2.42. The van der Waals surface area contributed by atoms with E-state index >= 15 is 0 Å². The average molecular weight is 313 g/mol. The van der Waals surface area contributed by atoms with E-state index in [4.69, 9.17) is 0 Å². The molecule has 1 saturated heterocycles. The molecule has 118 valence electrons. The van der Waals surface area contributed by atoms with Crippen molar-refractivity contribution in [3.05, 3.63) is 76.9 Å². The zero-order valence-corrected chi connectivity index (χ0v) is 13.5. The van der Waals surface area contributed by atoms with E-state index in [1.165, 1.54) is 16.8 Å².